The number of rotatable bonds is 7. The fraction of sp³-hybridized carbons (Fsp3) is 0.727. The molecular weight excluding hydrogens is 192 g/mol. The van der Waals surface area contributed by atoms with Gasteiger partial charge < -0.3 is 15.3 Å². The topological polar surface area (TPSA) is 52.6 Å². The number of hydrogen-bond donors (Lipinski definition) is 2. The predicted molar refractivity (Wildman–Crippen MR) is 62.0 cm³/mol. The second-order valence-electron chi connectivity index (χ2n) is 4.40. The monoisotopic (exact) mass is 214 g/mol. The van der Waals surface area contributed by atoms with Gasteiger partial charge in [-0.2, -0.15) is 0 Å². The smallest absolute Gasteiger partial charge is 0.332 e. The minimum atomic E-state index is -0.935. The molecule has 0 aromatic heterocycles. The maximum absolute atomic E-state index is 10.6. The summed E-state index contributed by atoms with van der Waals surface area (Å²) in [7, 11) is 4.01. The van der Waals surface area contributed by atoms with Crippen LogP contribution >= 0.6 is 0 Å². The third kappa shape index (κ3) is 6.25. The van der Waals surface area contributed by atoms with E-state index in [9.17, 15) is 4.79 Å². The van der Waals surface area contributed by atoms with Gasteiger partial charge in [0.25, 0.3) is 0 Å². The number of likely N-dealkylation sites (N-methyl/N-ethyl adjacent to an activating group) is 1. The van der Waals surface area contributed by atoms with Crippen LogP contribution in [0.4, 0.5) is 0 Å². The van der Waals surface area contributed by atoms with Crippen molar-refractivity contribution < 1.29 is 9.90 Å². The Labute approximate surface area is 92.0 Å². The summed E-state index contributed by atoms with van der Waals surface area (Å²) < 4.78 is 0. The van der Waals surface area contributed by atoms with Crippen LogP contribution in [0, 0.1) is 5.92 Å². The van der Waals surface area contributed by atoms with E-state index in [1.807, 2.05) is 14.1 Å². The lowest BCUT2D eigenvalue weighted by Gasteiger charge is -2.25. The number of carboxylic acids is 1. The number of nitrogens with zero attached hydrogens (tertiary/aromatic N) is 1. The number of aliphatic carboxylic acids is 1. The Morgan fingerprint density at radius 2 is 2.00 bits per heavy atom. The highest BCUT2D eigenvalue weighted by Crippen LogP contribution is 2.03. The van der Waals surface area contributed by atoms with Crippen LogP contribution < -0.4 is 5.32 Å². The lowest BCUT2D eigenvalue weighted by atomic mass is 10.0. The van der Waals surface area contributed by atoms with Gasteiger partial charge in [0.2, 0.25) is 0 Å². The highest BCUT2D eigenvalue weighted by molar-refractivity contribution is 5.86. The van der Waals surface area contributed by atoms with Crippen LogP contribution in [-0.4, -0.2) is 49.2 Å². The summed E-state index contributed by atoms with van der Waals surface area (Å²) in [5, 5.41) is 11.9. The maximum Gasteiger partial charge on any atom is 0.332 e. The van der Waals surface area contributed by atoms with Crippen molar-refractivity contribution in [2.75, 3.05) is 27.2 Å². The largest absolute Gasteiger partial charge is 0.478 e. The molecule has 0 saturated carbocycles. The SMILES string of the molecule is C=C(CNC(CN(C)C)C(C)C)C(=O)O. The number of carbonyl (C=O) groups is 1. The van der Waals surface area contributed by atoms with Gasteiger partial charge in [-0.3, -0.25) is 0 Å². The van der Waals surface area contributed by atoms with Crippen molar-refractivity contribution in [1.82, 2.24) is 10.2 Å². The fourth-order valence-electron chi connectivity index (χ4n) is 1.23. The first-order chi connectivity index (χ1) is 6.84. The van der Waals surface area contributed by atoms with E-state index in [-0.39, 0.29) is 11.6 Å². The van der Waals surface area contributed by atoms with Gasteiger partial charge in [0.15, 0.2) is 0 Å². The molecule has 1 atom stereocenters. The standard InChI is InChI=1S/C11H22N2O2/c1-8(2)10(7-13(4)5)12-6-9(3)11(14)15/h8,10,12H,3,6-7H2,1-2,4-5H3,(H,14,15). The molecule has 0 aliphatic heterocycles. The maximum atomic E-state index is 10.6. The normalized spacial score (nSPS) is 13.2. The van der Waals surface area contributed by atoms with Crippen LogP contribution in [0.3, 0.4) is 0 Å². The van der Waals surface area contributed by atoms with Crippen molar-refractivity contribution >= 4 is 5.97 Å². The van der Waals surface area contributed by atoms with Gasteiger partial charge in [0.05, 0.1) is 0 Å². The first kappa shape index (κ1) is 14.1. The first-order valence-electron chi connectivity index (χ1n) is 5.13. The Morgan fingerprint density at radius 3 is 2.33 bits per heavy atom. The molecule has 0 aliphatic rings. The summed E-state index contributed by atoms with van der Waals surface area (Å²) in [6, 6.07) is 0.288. The Kier molecular flexibility index (Phi) is 6.20. The fourth-order valence-corrected chi connectivity index (χ4v) is 1.23. The van der Waals surface area contributed by atoms with Gasteiger partial charge in [-0.05, 0) is 20.0 Å². The zero-order chi connectivity index (χ0) is 12.0. The summed E-state index contributed by atoms with van der Waals surface area (Å²) in [6.07, 6.45) is 0. The highest BCUT2D eigenvalue weighted by Gasteiger charge is 2.14. The first-order valence-corrected chi connectivity index (χ1v) is 5.13. The molecule has 88 valence electrons. The molecule has 0 fully saturated rings. The molecular formula is C11H22N2O2. The summed E-state index contributed by atoms with van der Waals surface area (Å²) in [6.45, 7) is 8.95. The number of nitrogens with one attached hydrogen (secondary N) is 1. The van der Waals surface area contributed by atoms with Crippen LogP contribution in [0.1, 0.15) is 13.8 Å². The van der Waals surface area contributed by atoms with Gasteiger partial charge in [0, 0.05) is 24.7 Å². The second-order valence-corrected chi connectivity index (χ2v) is 4.40. The van der Waals surface area contributed by atoms with Crippen molar-refractivity contribution in [3.63, 3.8) is 0 Å². The minimum absolute atomic E-state index is 0.208. The lowest BCUT2D eigenvalue weighted by molar-refractivity contribution is -0.132. The van der Waals surface area contributed by atoms with E-state index in [0.717, 1.165) is 6.54 Å². The Hall–Kier alpha value is -0.870. The molecule has 0 aromatic carbocycles. The minimum Gasteiger partial charge on any atom is -0.478 e. The Morgan fingerprint density at radius 1 is 1.47 bits per heavy atom. The number of hydrogen-bond acceptors (Lipinski definition) is 3. The van der Waals surface area contributed by atoms with E-state index in [0.29, 0.717) is 12.5 Å². The van der Waals surface area contributed by atoms with Crippen LogP contribution in [0.15, 0.2) is 12.2 Å². The molecule has 0 saturated heterocycles. The summed E-state index contributed by atoms with van der Waals surface area (Å²) in [5.41, 5.74) is 0.208. The summed E-state index contributed by atoms with van der Waals surface area (Å²) >= 11 is 0. The molecule has 1 unspecified atom stereocenters. The molecule has 0 amide bonds. The van der Waals surface area contributed by atoms with Crippen molar-refractivity contribution in [3.05, 3.63) is 12.2 Å². The average molecular weight is 214 g/mol. The van der Waals surface area contributed by atoms with E-state index in [1.165, 1.54) is 0 Å². The van der Waals surface area contributed by atoms with Crippen molar-refractivity contribution in [2.24, 2.45) is 5.92 Å². The van der Waals surface area contributed by atoms with Gasteiger partial charge in [0.1, 0.15) is 0 Å². The van der Waals surface area contributed by atoms with Gasteiger partial charge in [-0.25, -0.2) is 4.79 Å². The molecule has 15 heavy (non-hydrogen) atoms. The number of carboxylic acid groups (broad SMARTS) is 1. The predicted octanol–water partition coefficient (Wildman–Crippen LogP) is 0.803. The van der Waals surface area contributed by atoms with E-state index >= 15 is 0 Å². The van der Waals surface area contributed by atoms with Crippen LogP contribution in [0.5, 0.6) is 0 Å². The molecule has 0 aromatic rings. The van der Waals surface area contributed by atoms with Gasteiger partial charge >= 0.3 is 5.97 Å². The molecule has 0 heterocycles. The van der Waals surface area contributed by atoms with Crippen LogP contribution in [-0.2, 0) is 4.79 Å². The zero-order valence-electron chi connectivity index (χ0n) is 10.1. The molecule has 4 heteroatoms. The Bertz CT molecular complexity index is 225. The van der Waals surface area contributed by atoms with Crippen molar-refractivity contribution in [2.45, 2.75) is 19.9 Å². The van der Waals surface area contributed by atoms with Crippen LogP contribution in [0.2, 0.25) is 0 Å². The summed E-state index contributed by atoms with van der Waals surface area (Å²) in [5.74, 6) is -0.469. The third-order valence-corrected chi connectivity index (χ3v) is 2.25. The van der Waals surface area contributed by atoms with E-state index < -0.39 is 5.97 Å². The molecule has 0 bridgehead atoms. The second kappa shape index (κ2) is 6.58. The highest BCUT2D eigenvalue weighted by atomic mass is 16.4. The van der Waals surface area contributed by atoms with E-state index in [4.69, 9.17) is 5.11 Å². The summed E-state index contributed by atoms with van der Waals surface area (Å²) in [4.78, 5) is 12.6. The molecule has 0 spiro atoms. The molecule has 0 rings (SSSR count). The van der Waals surface area contributed by atoms with E-state index in [2.05, 4.69) is 30.6 Å². The molecule has 2 N–H and O–H groups in total. The zero-order valence-corrected chi connectivity index (χ0v) is 10.1. The van der Waals surface area contributed by atoms with Gasteiger partial charge in [-0.1, -0.05) is 20.4 Å². The van der Waals surface area contributed by atoms with Crippen LogP contribution in [0.25, 0.3) is 0 Å². The average Bonchev–Trinajstić information content (AvgIpc) is 2.10. The quantitative estimate of drug-likeness (QED) is 0.616. The Balaban J connectivity index is 4.07. The van der Waals surface area contributed by atoms with Crippen molar-refractivity contribution in [3.8, 4) is 0 Å². The molecule has 0 aliphatic carbocycles. The van der Waals surface area contributed by atoms with Gasteiger partial charge in [-0.15, -0.1) is 0 Å². The molecule has 0 radical (unpaired) electrons. The van der Waals surface area contributed by atoms with Crippen molar-refractivity contribution in [1.29, 1.82) is 0 Å². The lowest BCUT2D eigenvalue weighted by Crippen LogP contribution is -2.43. The molecule has 4 nitrogen and oxygen atoms in total. The third-order valence-electron chi connectivity index (χ3n) is 2.25. The van der Waals surface area contributed by atoms with E-state index in [1.54, 1.807) is 0 Å².